The number of nitrogens with one attached hydrogen (secondary N) is 1. The zero-order chi connectivity index (χ0) is 16.9. The summed E-state index contributed by atoms with van der Waals surface area (Å²) in [7, 11) is 0. The fourth-order valence-corrected chi connectivity index (χ4v) is 3.41. The van der Waals surface area contributed by atoms with Crippen LogP contribution in [-0.2, 0) is 0 Å². The summed E-state index contributed by atoms with van der Waals surface area (Å²) in [6, 6.07) is 4.88. The lowest BCUT2D eigenvalue weighted by Gasteiger charge is -2.35. The van der Waals surface area contributed by atoms with Gasteiger partial charge in [0.15, 0.2) is 0 Å². The van der Waals surface area contributed by atoms with Crippen molar-refractivity contribution in [3.05, 3.63) is 28.2 Å². The molecular weight excluding hydrogens is 409 g/mol. The van der Waals surface area contributed by atoms with Crippen LogP contribution >= 0.6 is 28.3 Å². The Kier molecular flexibility index (Phi) is 8.84. The number of nitrogens with zero attached hydrogens (tertiary/aromatic N) is 1. The quantitative estimate of drug-likeness (QED) is 0.693. The monoisotopic (exact) mass is 430 g/mol. The van der Waals surface area contributed by atoms with Crippen LogP contribution in [0.15, 0.2) is 22.7 Å². The van der Waals surface area contributed by atoms with Gasteiger partial charge in [-0.2, -0.15) is 0 Å². The summed E-state index contributed by atoms with van der Waals surface area (Å²) in [5.41, 5.74) is 0.869. The van der Waals surface area contributed by atoms with Crippen LogP contribution in [-0.4, -0.2) is 37.4 Å². The van der Waals surface area contributed by atoms with Crippen LogP contribution in [0.1, 0.15) is 37.8 Å². The molecule has 8 heteroatoms. The van der Waals surface area contributed by atoms with Crippen molar-refractivity contribution in [2.24, 2.45) is 0 Å². The van der Waals surface area contributed by atoms with E-state index in [1.165, 1.54) is 12.1 Å². The number of rotatable bonds is 6. The van der Waals surface area contributed by atoms with Gasteiger partial charge >= 0.3 is 6.36 Å². The molecule has 2 rings (SSSR count). The van der Waals surface area contributed by atoms with Gasteiger partial charge < -0.3 is 10.1 Å². The summed E-state index contributed by atoms with van der Waals surface area (Å²) in [6.45, 7) is 5.73. The van der Waals surface area contributed by atoms with Crippen LogP contribution in [0.3, 0.4) is 0 Å². The van der Waals surface area contributed by atoms with Crippen molar-refractivity contribution >= 4 is 28.3 Å². The molecule has 0 bridgehead atoms. The lowest BCUT2D eigenvalue weighted by Crippen LogP contribution is -2.45. The summed E-state index contributed by atoms with van der Waals surface area (Å²) >= 11 is 3.30. The molecule has 1 aromatic carbocycles. The summed E-state index contributed by atoms with van der Waals surface area (Å²) in [5.74, 6) is -0.168. The Hall–Kier alpha value is -0.500. The Morgan fingerprint density at radius 2 is 1.92 bits per heavy atom. The first kappa shape index (κ1) is 21.5. The smallest absolute Gasteiger partial charge is 0.406 e. The van der Waals surface area contributed by atoms with Gasteiger partial charge in [0.05, 0.1) is 0 Å². The predicted octanol–water partition coefficient (Wildman–Crippen LogP) is 4.91. The molecule has 1 atom stereocenters. The highest BCUT2D eigenvalue weighted by Crippen LogP contribution is 2.34. The third-order valence-electron chi connectivity index (χ3n) is 3.94. The highest BCUT2D eigenvalue weighted by molar-refractivity contribution is 9.10. The van der Waals surface area contributed by atoms with Gasteiger partial charge in [0.25, 0.3) is 0 Å². The van der Waals surface area contributed by atoms with E-state index in [4.69, 9.17) is 0 Å². The van der Waals surface area contributed by atoms with Gasteiger partial charge in [-0.15, -0.1) is 25.6 Å². The van der Waals surface area contributed by atoms with Crippen molar-refractivity contribution in [1.82, 2.24) is 10.2 Å². The second kappa shape index (κ2) is 9.85. The number of hydrogen-bond acceptors (Lipinski definition) is 3. The number of halogens is 5. The molecule has 138 valence electrons. The van der Waals surface area contributed by atoms with Crippen molar-refractivity contribution < 1.29 is 17.9 Å². The maximum absolute atomic E-state index is 12.5. The highest BCUT2D eigenvalue weighted by atomic mass is 79.9. The second-order valence-corrected chi connectivity index (χ2v) is 6.63. The van der Waals surface area contributed by atoms with Crippen LogP contribution in [0.2, 0.25) is 0 Å². The molecule has 0 unspecified atom stereocenters. The molecule has 1 saturated heterocycles. The maximum atomic E-state index is 12.5. The first-order valence-electron chi connectivity index (χ1n) is 7.90. The minimum atomic E-state index is -4.67. The van der Waals surface area contributed by atoms with Crippen LogP contribution in [0.25, 0.3) is 0 Å². The summed E-state index contributed by atoms with van der Waals surface area (Å²) in [5, 5.41) is 3.31. The number of benzene rings is 1. The third kappa shape index (κ3) is 6.78. The van der Waals surface area contributed by atoms with Gasteiger partial charge in [0, 0.05) is 36.7 Å². The van der Waals surface area contributed by atoms with E-state index in [0.29, 0.717) is 4.47 Å². The van der Waals surface area contributed by atoms with Crippen LogP contribution in [0.5, 0.6) is 5.75 Å². The first-order chi connectivity index (χ1) is 10.9. The zero-order valence-electron chi connectivity index (χ0n) is 13.5. The predicted molar refractivity (Wildman–Crippen MR) is 94.8 cm³/mol. The van der Waals surface area contributed by atoms with E-state index in [0.717, 1.165) is 51.0 Å². The number of piperazine rings is 1. The third-order valence-corrected chi connectivity index (χ3v) is 4.39. The Bertz CT molecular complexity index is 511. The van der Waals surface area contributed by atoms with Crippen molar-refractivity contribution in [1.29, 1.82) is 0 Å². The molecule has 1 aromatic rings. The molecule has 0 saturated carbocycles. The van der Waals surface area contributed by atoms with E-state index in [9.17, 15) is 13.2 Å². The molecule has 3 nitrogen and oxygen atoms in total. The Labute approximate surface area is 155 Å². The molecule has 0 radical (unpaired) electrons. The molecule has 24 heavy (non-hydrogen) atoms. The fourth-order valence-electron chi connectivity index (χ4n) is 2.92. The molecule has 0 amide bonds. The van der Waals surface area contributed by atoms with Gasteiger partial charge in [0.2, 0.25) is 0 Å². The van der Waals surface area contributed by atoms with E-state index in [-0.39, 0.29) is 24.2 Å². The number of alkyl halides is 3. The second-order valence-electron chi connectivity index (χ2n) is 5.71. The van der Waals surface area contributed by atoms with E-state index in [1.807, 2.05) is 6.07 Å². The molecule has 0 aliphatic carbocycles. The number of hydrogen-bond donors (Lipinski definition) is 1. The van der Waals surface area contributed by atoms with E-state index < -0.39 is 6.36 Å². The van der Waals surface area contributed by atoms with Gasteiger partial charge in [-0.1, -0.05) is 35.7 Å². The lowest BCUT2D eigenvalue weighted by molar-refractivity contribution is -0.274. The standard InChI is InChI=1S/C16H22BrF3N2O.ClH/c1-2-3-4-15(22-7-5-21-6-8-22)12-9-13(17)11-14(10-12)23-16(18,19)20;/h9-11,15,21H,2-8H2,1H3;1H/t15-;/m0./s1. The highest BCUT2D eigenvalue weighted by Gasteiger charge is 2.32. The number of ether oxygens (including phenoxy) is 1. The molecule has 0 spiro atoms. The van der Waals surface area contributed by atoms with Crippen molar-refractivity contribution in [2.45, 2.75) is 38.6 Å². The van der Waals surface area contributed by atoms with Gasteiger partial charge in [0.1, 0.15) is 5.75 Å². The largest absolute Gasteiger partial charge is 0.573 e. The number of unbranched alkanes of at least 4 members (excludes halogenated alkanes) is 1. The summed E-state index contributed by atoms with van der Waals surface area (Å²) < 4.78 is 42.2. The molecule has 1 heterocycles. The van der Waals surface area contributed by atoms with Crippen molar-refractivity contribution in [3.63, 3.8) is 0 Å². The SMILES string of the molecule is CCCC[C@@H](c1cc(Br)cc(OC(F)(F)F)c1)N1CCNCC1.Cl. The van der Waals surface area contributed by atoms with Crippen LogP contribution in [0.4, 0.5) is 13.2 Å². The average molecular weight is 432 g/mol. The van der Waals surface area contributed by atoms with Crippen LogP contribution < -0.4 is 10.1 Å². The summed E-state index contributed by atoms with van der Waals surface area (Å²) in [4.78, 5) is 2.34. The Morgan fingerprint density at radius 1 is 1.25 bits per heavy atom. The first-order valence-corrected chi connectivity index (χ1v) is 8.69. The minimum absolute atomic E-state index is 0. The fraction of sp³-hybridized carbons (Fsp3) is 0.625. The van der Waals surface area contributed by atoms with E-state index in [2.05, 4.69) is 37.8 Å². The molecular formula is C16H23BrClF3N2O. The topological polar surface area (TPSA) is 24.5 Å². The van der Waals surface area contributed by atoms with Crippen molar-refractivity contribution in [3.8, 4) is 5.75 Å². The molecule has 1 fully saturated rings. The van der Waals surface area contributed by atoms with Gasteiger partial charge in [-0.05, 0) is 30.2 Å². The molecule has 1 aliphatic rings. The Balaban J connectivity index is 0.00000288. The molecule has 1 N–H and O–H groups in total. The minimum Gasteiger partial charge on any atom is -0.406 e. The molecule has 0 aromatic heterocycles. The van der Waals surface area contributed by atoms with Gasteiger partial charge in [-0.25, -0.2) is 0 Å². The normalized spacial score (nSPS) is 17.2. The van der Waals surface area contributed by atoms with E-state index >= 15 is 0 Å². The zero-order valence-corrected chi connectivity index (χ0v) is 15.9. The van der Waals surface area contributed by atoms with Crippen LogP contribution in [0, 0.1) is 0 Å². The van der Waals surface area contributed by atoms with Gasteiger partial charge in [-0.3, -0.25) is 4.90 Å². The molecule has 1 aliphatic heterocycles. The maximum Gasteiger partial charge on any atom is 0.573 e. The average Bonchev–Trinajstić information content (AvgIpc) is 2.46. The summed E-state index contributed by atoms with van der Waals surface area (Å²) in [6.07, 6.45) is -1.65. The lowest BCUT2D eigenvalue weighted by atomic mass is 9.98. The van der Waals surface area contributed by atoms with E-state index in [1.54, 1.807) is 0 Å². The Morgan fingerprint density at radius 3 is 2.50 bits per heavy atom. The van der Waals surface area contributed by atoms with Crippen molar-refractivity contribution in [2.75, 3.05) is 26.2 Å².